The summed E-state index contributed by atoms with van der Waals surface area (Å²) in [4.78, 5) is 9.87. The van der Waals surface area contributed by atoms with E-state index in [4.69, 9.17) is 0 Å². The van der Waals surface area contributed by atoms with Crippen LogP contribution in [0.3, 0.4) is 0 Å². The molecule has 4 nitrogen and oxygen atoms in total. The van der Waals surface area contributed by atoms with Gasteiger partial charge >= 0.3 is 5.69 Å². The predicted octanol–water partition coefficient (Wildman–Crippen LogP) is 2.99. The summed E-state index contributed by atoms with van der Waals surface area (Å²) in [6.45, 7) is 0.508. The van der Waals surface area contributed by atoms with Gasteiger partial charge in [0.15, 0.2) is 0 Å². The van der Waals surface area contributed by atoms with Gasteiger partial charge in [-0.15, -0.1) is 0 Å². The Bertz CT molecular complexity index is 663. The molecule has 0 atom stereocenters. The number of fused-ring (bicyclic) bond motifs is 1. The zero-order valence-corrected chi connectivity index (χ0v) is 11.4. The topological polar surface area (TPSA) is 55.2 Å². The lowest BCUT2D eigenvalue weighted by molar-refractivity contribution is -0.387. The van der Waals surface area contributed by atoms with Gasteiger partial charge in [0.1, 0.15) is 0 Å². The SMILES string of the molecule is O=[N+]([O-])c1ccc(CNC2Cc3ccccc3C2)cc1F. The molecule has 21 heavy (non-hydrogen) atoms. The number of rotatable bonds is 4. The molecule has 0 aliphatic heterocycles. The molecule has 2 aromatic carbocycles. The van der Waals surface area contributed by atoms with Gasteiger partial charge in [-0.3, -0.25) is 10.1 Å². The number of nitrogens with zero attached hydrogens (tertiary/aromatic N) is 1. The van der Waals surface area contributed by atoms with Gasteiger partial charge in [0.05, 0.1) is 4.92 Å². The quantitative estimate of drug-likeness (QED) is 0.694. The van der Waals surface area contributed by atoms with Crippen molar-refractivity contribution in [3.8, 4) is 0 Å². The number of hydrogen-bond acceptors (Lipinski definition) is 3. The van der Waals surface area contributed by atoms with Gasteiger partial charge in [-0.2, -0.15) is 4.39 Å². The normalized spacial score (nSPS) is 14.1. The van der Waals surface area contributed by atoms with Crippen LogP contribution in [0.5, 0.6) is 0 Å². The van der Waals surface area contributed by atoms with E-state index in [1.807, 2.05) is 12.1 Å². The van der Waals surface area contributed by atoms with Gasteiger partial charge in [-0.1, -0.05) is 30.3 Å². The molecule has 0 saturated carbocycles. The lowest BCUT2D eigenvalue weighted by atomic mass is 10.1. The van der Waals surface area contributed by atoms with Crippen LogP contribution >= 0.6 is 0 Å². The summed E-state index contributed by atoms with van der Waals surface area (Å²) >= 11 is 0. The first-order valence-electron chi connectivity index (χ1n) is 6.86. The molecule has 5 heteroatoms. The minimum absolute atomic E-state index is 0.334. The highest BCUT2D eigenvalue weighted by atomic mass is 19.1. The van der Waals surface area contributed by atoms with Crippen molar-refractivity contribution in [1.82, 2.24) is 5.32 Å². The summed E-state index contributed by atoms with van der Waals surface area (Å²) in [5.74, 6) is -0.783. The van der Waals surface area contributed by atoms with Crippen LogP contribution in [0.1, 0.15) is 16.7 Å². The highest BCUT2D eigenvalue weighted by molar-refractivity contribution is 5.36. The second-order valence-electron chi connectivity index (χ2n) is 5.30. The first-order valence-corrected chi connectivity index (χ1v) is 6.86. The van der Waals surface area contributed by atoms with E-state index in [-0.39, 0.29) is 0 Å². The fourth-order valence-corrected chi connectivity index (χ4v) is 2.77. The molecule has 0 spiro atoms. The maximum atomic E-state index is 13.5. The summed E-state index contributed by atoms with van der Waals surface area (Å²) in [5.41, 5.74) is 2.94. The molecule has 0 saturated heterocycles. The lowest BCUT2D eigenvalue weighted by Crippen LogP contribution is -2.29. The Labute approximate surface area is 121 Å². The molecule has 0 unspecified atom stereocenters. The standard InChI is InChI=1S/C16H15FN2O2/c17-15-7-11(5-6-16(15)19(20)21)10-18-14-8-12-3-1-2-4-13(12)9-14/h1-7,14,18H,8-10H2. The molecule has 0 radical (unpaired) electrons. The summed E-state index contributed by atoms with van der Waals surface area (Å²) in [7, 11) is 0. The van der Waals surface area contributed by atoms with Crippen LogP contribution in [0.25, 0.3) is 0 Å². The molecule has 0 amide bonds. The third kappa shape index (κ3) is 2.92. The van der Waals surface area contributed by atoms with E-state index in [0.717, 1.165) is 12.8 Å². The van der Waals surface area contributed by atoms with E-state index in [2.05, 4.69) is 17.4 Å². The van der Waals surface area contributed by atoms with Crippen LogP contribution in [-0.2, 0) is 19.4 Å². The van der Waals surface area contributed by atoms with Gasteiger partial charge in [0, 0.05) is 18.7 Å². The summed E-state index contributed by atoms with van der Waals surface area (Å²) in [6, 6.07) is 12.7. The van der Waals surface area contributed by atoms with Crippen molar-refractivity contribution in [2.45, 2.75) is 25.4 Å². The molecule has 3 rings (SSSR count). The average Bonchev–Trinajstić information content (AvgIpc) is 2.87. The number of hydrogen-bond donors (Lipinski definition) is 1. The number of nitro groups is 1. The van der Waals surface area contributed by atoms with Crippen molar-refractivity contribution in [1.29, 1.82) is 0 Å². The van der Waals surface area contributed by atoms with Crippen LogP contribution < -0.4 is 5.32 Å². The van der Waals surface area contributed by atoms with E-state index in [1.54, 1.807) is 6.07 Å². The first kappa shape index (κ1) is 13.7. The van der Waals surface area contributed by atoms with Crippen molar-refractivity contribution < 1.29 is 9.31 Å². The molecule has 0 fully saturated rings. The minimum atomic E-state index is -0.783. The van der Waals surface area contributed by atoms with Gasteiger partial charge in [-0.05, 0) is 35.6 Å². The van der Waals surface area contributed by atoms with Crippen molar-refractivity contribution in [3.63, 3.8) is 0 Å². The average molecular weight is 286 g/mol. The van der Waals surface area contributed by atoms with Crippen molar-refractivity contribution in [3.05, 3.63) is 75.1 Å². The molecular weight excluding hydrogens is 271 g/mol. The summed E-state index contributed by atoms with van der Waals surface area (Å²) in [5, 5.41) is 14.0. The number of benzene rings is 2. The number of nitro benzene ring substituents is 1. The molecular formula is C16H15FN2O2. The van der Waals surface area contributed by atoms with Gasteiger partial charge < -0.3 is 5.32 Å². The molecule has 0 aromatic heterocycles. The van der Waals surface area contributed by atoms with E-state index in [0.29, 0.717) is 18.2 Å². The Morgan fingerprint density at radius 3 is 2.43 bits per heavy atom. The van der Waals surface area contributed by atoms with Gasteiger partial charge in [0.2, 0.25) is 5.82 Å². The van der Waals surface area contributed by atoms with Crippen LogP contribution in [0, 0.1) is 15.9 Å². The molecule has 0 bridgehead atoms. The number of halogens is 1. The minimum Gasteiger partial charge on any atom is -0.309 e. The second-order valence-corrected chi connectivity index (χ2v) is 5.30. The fourth-order valence-electron chi connectivity index (χ4n) is 2.77. The molecule has 1 N–H and O–H groups in total. The highest BCUT2D eigenvalue weighted by Gasteiger charge is 2.20. The maximum absolute atomic E-state index is 13.5. The zero-order valence-electron chi connectivity index (χ0n) is 11.4. The Morgan fingerprint density at radius 1 is 1.19 bits per heavy atom. The lowest BCUT2D eigenvalue weighted by Gasteiger charge is -2.12. The Balaban J connectivity index is 1.62. The Morgan fingerprint density at radius 2 is 1.86 bits per heavy atom. The number of nitrogens with one attached hydrogen (secondary N) is 1. The van der Waals surface area contributed by atoms with E-state index < -0.39 is 16.4 Å². The Kier molecular flexibility index (Phi) is 3.66. The Hall–Kier alpha value is -2.27. The predicted molar refractivity (Wildman–Crippen MR) is 77.5 cm³/mol. The zero-order chi connectivity index (χ0) is 14.8. The fraction of sp³-hybridized carbons (Fsp3) is 0.250. The van der Waals surface area contributed by atoms with Crippen molar-refractivity contribution in [2.75, 3.05) is 0 Å². The van der Waals surface area contributed by atoms with Crippen LogP contribution in [0.2, 0.25) is 0 Å². The molecule has 108 valence electrons. The van der Waals surface area contributed by atoms with Gasteiger partial charge in [0.25, 0.3) is 0 Å². The summed E-state index contributed by atoms with van der Waals surface area (Å²) in [6.07, 6.45) is 1.93. The summed E-state index contributed by atoms with van der Waals surface area (Å²) < 4.78 is 13.5. The van der Waals surface area contributed by atoms with Gasteiger partial charge in [-0.25, -0.2) is 0 Å². The maximum Gasteiger partial charge on any atom is 0.304 e. The second kappa shape index (κ2) is 5.61. The van der Waals surface area contributed by atoms with E-state index in [1.165, 1.54) is 23.3 Å². The largest absolute Gasteiger partial charge is 0.309 e. The molecule has 1 aliphatic rings. The molecule has 1 aliphatic carbocycles. The van der Waals surface area contributed by atoms with Crippen molar-refractivity contribution >= 4 is 5.69 Å². The molecule has 2 aromatic rings. The molecule has 0 heterocycles. The third-order valence-corrected chi connectivity index (χ3v) is 3.85. The van der Waals surface area contributed by atoms with Crippen LogP contribution in [-0.4, -0.2) is 11.0 Å². The highest BCUT2D eigenvalue weighted by Crippen LogP contribution is 2.22. The third-order valence-electron chi connectivity index (χ3n) is 3.85. The van der Waals surface area contributed by atoms with E-state index >= 15 is 0 Å². The van der Waals surface area contributed by atoms with Crippen LogP contribution in [0.4, 0.5) is 10.1 Å². The monoisotopic (exact) mass is 286 g/mol. The van der Waals surface area contributed by atoms with E-state index in [9.17, 15) is 14.5 Å². The van der Waals surface area contributed by atoms with Crippen molar-refractivity contribution in [2.24, 2.45) is 0 Å². The smallest absolute Gasteiger partial charge is 0.304 e. The van der Waals surface area contributed by atoms with Crippen LogP contribution in [0.15, 0.2) is 42.5 Å². The first-order chi connectivity index (χ1) is 10.1.